The lowest BCUT2D eigenvalue weighted by Crippen LogP contribution is -2.36. The number of aliphatic imine (C=N–C) groups is 1. The highest BCUT2D eigenvalue weighted by molar-refractivity contribution is 14.0. The SMILES string of the molecule is CN=C(NCc1ccc(C(=O)OC)cc1)NCc1cccc(C(F)(F)F)c1.I. The van der Waals surface area contributed by atoms with E-state index in [0.717, 1.165) is 17.7 Å². The zero-order chi connectivity index (χ0) is 19.9. The van der Waals surface area contributed by atoms with Gasteiger partial charge in [0, 0.05) is 20.1 Å². The van der Waals surface area contributed by atoms with E-state index in [2.05, 4.69) is 20.4 Å². The summed E-state index contributed by atoms with van der Waals surface area (Å²) in [4.78, 5) is 15.5. The van der Waals surface area contributed by atoms with Crippen LogP contribution < -0.4 is 10.6 Å². The third kappa shape index (κ3) is 7.02. The minimum Gasteiger partial charge on any atom is -0.465 e. The molecule has 0 aromatic heterocycles. The summed E-state index contributed by atoms with van der Waals surface area (Å²) in [5.41, 5.74) is 1.17. The van der Waals surface area contributed by atoms with Gasteiger partial charge in [0.1, 0.15) is 0 Å². The highest BCUT2D eigenvalue weighted by Crippen LogP contribution is 2.29. The summed E-state index contributed by atoms with van der Waals surface area (Å²) in [5, 5.41) is 6.03. The van der Waals surface area contributed by atoms with Gasteiger partial charge in [-0.05, 0) is 35.4 Å². The summed E-state index contributed by atoms with van der Waals surface area (Å²) >= 11 is 0. The molecule has 9 heteroatoms. The molecule has 0 fully saturated rings. The molecular weight excluding hydrogens is 486 g/mol. The summed E-state index contributed by atoms with van der Waals surface area (Å²) in [5.74, 6) is 0.0394. The van der Waals surface area contributed by atoms with Crippen LogP contribution in [0.2, 0.25) is 0 Å². The van der Waals surface area contributed by atoms with E-state index in [1.54, 1.807) is 37.4 Å². The number of nitrogens with zero attached hydrogens (tertiary/aromatic N) is 1. The molecule has 0 aliphatic rings. The van der Waals surface area contributed by atoms with Crippen LogP contribution in [-0.2, 0) is 24.0 Å². The second kappa shape index (κ2) is 10.9. The Kier molecular flexibility index (Phi) is 9.23. The Morgan fingerprint density at radius 3 is 2.18 bits per heavy atom. The number of carbonyl (C=O) groups is 1. The molecule has 2 rings (SSSR count). The fraction of sp³-hybridized carbons (Fsp3) is 0.263. The second-order valence-electron chi connectivity index (χ2n) is 5.67. The van der Waals surface area contributed by atoms with E-state index < -0.39 is 17.7 Å². The number of nitrogens with one attached hydrogen (secondary N) is 2. The topological polar surface area (TPSA) is 62.7 Å². The van der Waals surface area contributed by atoms with Crippen molar-refractivity contribution in [1.82, 2.24) is 10.6 Å². The van der Waals surface area contributed by atoms with Crippen LogP contribution in [0, 0.1) is 0 Å². The molecule has 0 heterocycles. The second-order valence-corrected chi connectivity index (χ2v) is 5.67. The van der Waals surface area contributed by atoms with Crippen molar-refractivity contribution in [2.24, 2.45) is 4.99 Å². The maximum atomic E-state index is 12.8. The number of benzene rings is 2. The number of guanidine groups is 1. The predicted molar refractivity (Wildman–Crippen MR) is 112 cm³/mol. The average molecular weight is 507 g/mol. The van der Waals surface area contributed by atoms with Gasteiger partial charge in [-0.2, -0.15) is 13.2 Å². The van der Waals surface area contributed by atoms with Gasteiger partial charge in [0.2, 0.25) is 0 Å². The number of hydrogen-bond donors (Lipinski definition) is 2. The van der Waals surface area contributed by atoms with Crippen molar-refractivity contribution >= 4 is 35.9 Å². The number of alkyl halides is 3. The van der Waals surface area contributed by atoms with Crippen LogP contribution in [0.4, 0.5) is 13.2 Å². The predicted octanol–water partition coefficient (Wildman–Crippen LogP) is 3.98. The van der Waals surface area contributed by atoms with E-state index in [4.69, 9.17) is 0 Å². The molecule has 0 aliphatic carbocycles. The van der Waals surface area contributed by atoms with E-state index in [0.29, 0.717) is 23.6 Å². The molecule has 0 unspecified atom stereocenters. The fourth-order valence-corrected chi connectivity index (χ4v) is 2.33. The Morgan fingerprint density at radius 1 is 1.04 bits per heavy atom. The highest BCUT2D eigenvalue weighted by Gasteiger charge is 2.30. The van der Waals surface area contributed by atoms with Crippen LogP contribution in [0.25, 0.3) is 0 Å². The van der Waals surface area contributed by atoms with E-state index >= 15 is 0 Å². The van der Waals surface area contributed by atoms with Gasteiger partial charge >= 0.3 is 12.1 Å². The molecule has 0 saturated carbocycles. The van der Waals surface area contributed by atoms with Crippen LogP contribution >= 0.6 is 24.0 Å². The third-order valence-corrected chi connectivity index (χ3v) is 3.77. The highest BCUT2D eigenvalue weighted by atomic mass is 127. The van der Waals surface area contributed by atoms with Gasteiger partial charge in [0.25, 0.3) is 0 Å². The summed E-state index contributed by atoms with van der Waals surface area (Å²) in [6.07, 6.45) is -4.37. The molecular formula is C19H21F3IN3O2. The summed E-state index contributed by atoms with van der Waals surface area (Å²) in [6.45, 7) is 0.634. The van der Waals surface area contributed by atoms with Crippen LogP contribution in [0.5, 0.6) is 0 Å². The van der Waals surface area contributed by atoms with Gasteiger partial charge in [-0.1, -0.05) is 24.3 Å². The zero-order valence-electron chi connectivity index (χ0n) is 15.3. The van der Waals surface area contributed by atoms with Crippen LogP contribution in [-0.4, -0.2) is 26.1 Å². The molecule has 2 aromatic rings. The van der Waals surface area contributed by atoms with E-state index in [1.807, 2.05) is 0 Å². The monoisotopic (exact) mass is 507 g/mol. The van der Waals surface area contributed by atoms with E-state index in [1.165, 1.54) is 13.2 Å². The molecule has 28 heavy (non-hydrogen) atoms. The van der Waals surface area contributed by atoms with Crippen molar-refractivity contribution < 1.29 is 22.7 Å². The molecule has 0 amide bonds. The Bertz CT molecular complexity index is 809. The molecule has 0 bridgehead atoms. The minimum absolute atomic E-state index is 0. The molecule has 0 saturated heterocycles. The van der Waals surface area contributed by atoms with Crippen molar-refractivity contribution in [3.63, 3.8) is 0 Å². The maximum Gasteiger partial charge on any atom is 0.416 e. The zero-order valence-corrected chi connectivity index (χ0v) is 17.7. The molecule has 0 spiro atoms. The van der Waals surface area contributed by atoms with Crippen molar-refractivity contribution in [3.05, 3.63) is 70.8 Å². The first-order chi connectivity index (χ1) is 12.8. The van der Waals surface area contributed by atoms with Crippen molar-refractivity contribution in [1.29, 1.82) is 0 Å². The maximum absolute atomic E-state index is 12.8. The van der Waals surface area contributed by atoms with Crippen molar-refractivity contribution in [2.75, 3.05) is 14.2 Å². The molecule has 2 aromatic carbocycles. The number of carbonyl (C=O) groups excluding carboxylic acids is 1. The number of rotatable bonds is 5. The number of ether oxygens (including phenoxy) is 1. The fourth-order valence-electron chi connectivity index (χ4n) is 2.33. The summed E-state index contributed by atoms with van der Waals surface area (Å²) in [7, 11) is 2.89. The lowest BCUT2D eigenvalue weighted by molar-refractivity contribution is -0.137. The lowest BCUT2D eigenvalue weighted by Gasteiger charge is -2.13. The third-order valence-electron chi connectivity index (χ3n) is 3.77. The van der Waals surface area contributed by atoms with Gasteiger partial charge in [0.05, 0.1) is 18.2 Å². The van der Waals surface area contributed by atoms with Gasteiger partial charge in [-0.15, -0.1) is 24.0 Å². The van der Waals surface area contributed by atoms with Crippen molar-refractivity contribution in [3.8, 4) is 0 Å². The standard InChI is InChI=1S/C19H20F3N3O2.HI/c1-23-18(24-11-13-6-8-15(9-7-13)17(26)27-2)25-12-14-4-3-5-16(10-14)19(20,21)22;/h3-10H,11-12H2,1-2H3,(H2,23,24,25);1H. The van der Waals surface area contributed by atoms with E-state index in [9.17, 15) is 18.0 Å². The first-order valence-corrected chi connectivity index (χ1v) is 8.11. The largest absolute Gasteiger partial charge is 0.465 e. The minimum atomic E-state index is -4.37. The smallest absolute Gasteiger partial charge is 0.416 e. The Hall–Kier alpha value is -2.30. The normalized spacial score (nSPS) is 11.4. The Labute approximate surface area is 178 Å². The van der Waals surface area contributed by atoms with Crippen LogP contribution in [0.1, 0.15) is 27.0 Å². The van der Waals surface area contributed by atoms with Crippen molar-refractivity contribution in [2.45, 2.75) is 19.3 Å². The molecule has 0 radical (unpaired) electrons. The molecule has 2 N–H and O–H groups in total. The number of hydrogen-bond acceptors (Lipinski definition) is 3. The van der Waals surface area contributed by atoms with Gasteiger partial charge in [-0.3, -0.25) is 4.99 Å². The van der Waals surface area contributed by atoms with Crippen LogP contribution in [0.15, 0.2) is 53.5 Å². The lowest BCUT2D eigenvalue weighted by atomic mass is 10.1. The summed E-state index contributed by atoms with van der Waals surface area (Å²) < 4.78 is 42.9. The van der Waals surface area contributed by atoms with Crippen LogP contribution in [0.3, 0.4) is 0 Å². The Morgan fingerprint density at radius 2 is 1.64 bits per heavy atom. The first-order valence-electron chi connectivity index (χ1n) is 8.11. The molecule has 5 nitrogen and oxygen atoms in total. The molecule has 0 atom stereocenters. The molecule has 0 aliphatic heterocycles. The van der Waals surface area contributed by atoms with Gasteiger partial charge in [-0.25, -0.2) is 4.79 Å². The summed E-state index contributed by atoms with van der Waals surface area (Å²) in [6, 6.07) is 12.0. The van der Waals surface area contributed by atoms with Gasteiger partial charge < -0.3 is 15.4 Å². The number of esters is 1. The Balaban J connectivity index is 0.00000392. The first kappa shape index (κ1) is 23.7. The van der Waals surface area contributed by atoms with E-state index in [-0.39, 0.29) is 30.5 Å². The number of methoxy groups -OCH3 is 1. The quantitative estimate of drug-likeness (QED) is 0.278. The average Bonchev–Trinajstić information content (AvgIpc) is 2.67. The number of halogens is 4. The molecule has 152 valence electrons. The van der Waals surface area contributed by atoms with Gasteiger partial charge in [0.15, 0.2) is 5.96 Å².